The van der Waals surface area contributed by atoms with Gasteiger partial charge >= 0.3 is 0 Å². The minimum absolute atomic E-state index is 0.0371. The molecule has 0 radical (unpaired) electrons. The Kier molecular flexibility index (Phi) is 5.85. The minimum Gasteiger partial charge on any atom is -0.282 e. The van der Waals surface area contributed by atoms with Crippen molar-refractivity contribution in [3.8, 4) is 0 Å². The Balaban J connectivity index is 1.97. The Bertz CT molecular complexity index is 657. The van der Waals surface area contributed by atoms with Crippen LogP contribution in [-0.2, 0) is 4.79 Å². The molecule has 0 saturated heterocycles. The van der Waals surface area contributed by atoms with Gasteiger partial charge in [-0.1, -0.05) is 60.2 Å². The van der Waals surface area contributed by atoms with Crippen LogP contribution >= 0.6 is 23.4 Å². The van der Waals surface area contributed by atoms with Crippen molar-refractivity contribution in [1.29, 1.82) is 0 Å². The smallest absolute Gasteiger partial charge is 0.219 e. The third-order valence-corrected chi connectivity index (χ3v) is 4.05. The molecular formula is C18H15ClOS. The van der Waals surface area contributed by atoms with E-state index in [2.05, 4.69) is 0 Å². The topological polar surface area (TPSA) is 17.1 Å². The number of allylic oxidation sites excluding steroid dienone is 2. The first-order valence-corrected chi connectivity index (χ1v) is 7.72. The van der Waals surface area contributed by atoms with Crippen molar-refractivity contribution in [2.75, 3.05) is 0 Å². The largest absolute Gasteiger partial charge is 0.282 e. The van der Waals surface area contributed by atoms with Crippen molar-refractivity contribution < 1.29 is 4.79 Å². The standard InChI is InChI=1S/C18H15ClOS/c1-14(6-5-9-15-7-3-2-4-8-15)18(20)21-17-12-10-16(19)11-13-17/h2-13H,1H3/b9-5+,14-6+. The number of rotatable bonds is 4. The third kappa shape index (κ3) is 5.25. The summed E-state index contributed by atoms with van der Waals surface area (Å²) in [4.78, 5) is 13.0. The van der Waals surface area contributed by atoms with Crippen molar-refractivity contribution in [1.82, 2.24) is 0 Å². The quantitative estimate of drug-likeness (QED) is 0.414. The van der Waals surface area contributed by atoms with Crippen LogP contribution in [0.15, 0.2) is 77.2 Å². The molecule has 0 N–H and O–H groups in total. The summed E-state index contributed by atoms with van der Waals surface area (Å²) in [5, 5.41) is 0.708. The average molecular weight is 315 g/mol. The lowest BCUT2D eigenvalue weighted by atomic mass is 10.2. The van der Waals surface area contributed by atoms with E-state index in [-0.39, 0.29) is 5.12 Å². The third-order valence-electron chi connectivity index (χ3n) is 2.78. The lowest BCUT2D eigenvalue weighted by Gasteiger charge is -2.00. The minimum atomic E-state index is 0.0371. The highest BCUT2D eigenvalue weighted by Gasteiger charge is 2.06. The molecule has 0 bridgehead atoms. The zero-order chi connectivity index (χ0) is 15.1. The van der Waals surface area contributed by atoms with Crippen molar-refractivity contribution in [3.63, 3.8) is 0 Å². The lowest BCUT2D eigenvalue weighted by Crippen LogP contribution is -1.92. The van der Waals surface area contributed by atoms with Gasteiger partial charge in [0.1, 0.15) is 0 Å². The summed E-state index contributed by atoms with van der Waals surface area (Å²) < 4.78 is 0. The van der Waals surface area contributed by atoms with Crippen molar-refractivity contribution in [2.24, 2.45) is 0 Å². The van der Waals surface area contributed by atoms with Crippen LogP contribution in [0.1, 0.15) is 12.5 Å². The van der Waals surface area contributed by atoms with Gasteiger partial charge in [-0.15, -0.1) is 0 Å². The van der Waals surface area contributed by atoms with E-state index in [1.54, 1.807) is 12.1 Å². The molecule has 0 heterocycles. The summed E-state index contributed by atoms with van der Waals surface area (Å²) in [5.41, 5.74) is 1.82. The van der Waals surface area contributed by atoms with Crippen LogP contribution in [0.4, 0.5) is 0 Å². The van der Waals surface area contributed by atoms with Gasteiger partial charge < -0.3 is 0 Å². The van der Waals surface area contributed by atoms with Crippen molar-refractivity contribution in [3.05, 3.63) is 82.9 Å². The van der Waals surface area contributed by atoms with E-state index >= 15 is 0 Å². The molecule has 1 nitrogen and oxygen atoms in total. The van der Waals surface area contributed by atoms with Gasteiger partial charge in [0.25, 0.3) is 0 Å². The first-order chi connectivity index (χ1) is 10.1. The molecule has 0 aromatic heterocycles. The van der Waals surface area contributed by atoms with E-state index < -0.39 is 0 Å². The highest BCUT2D eigenvalue weighted by atomic mass is 35.5. The molecule has 0 atom stereocenters. The SMILES string of the molecule is C/C(=C\C=C\c1ccccc1)C(=O)Sc1ccc(Cl)cc1. The first kappa shape index (κ1) is 15.6. The Morgan fingerprint density at radius 2 is 1.71 bits per heavy atom. The van der Waals surface area contributed by atoms with E-state index in [0.717, 1.165) is 10.5 Å². The second kappa shape index (κ2) is 7.87. The molecule has 2 rings (SSSR count). The molecule has 106 valence electrons. The van der Waals surface area contributed by atoms with Gasteiger partial charge in [-0.3, -0.25) is 4.79 Å². The maximum atomic E-state index is 12.1. The van der Waals surface area contributed by atoms with Gasteiger partial charge in [-0.2, -0.15) is 0 Å². The van der Waals surface area contributed by atoms with Crippen LogP contribution in [0, 0.1) is 0 Å². The molecule has 3 heteroatoms. The summed E-state index contributed by atoms with van der Waals surface area (Å²) >= 11 is 7.03. The maximum absolute atomic E-state index is 12.1. The molecule has 0 fully saturated rings. The molecule has 0 aliphatic carbocycles. The Morgan fingerprint density at radius 1 is 1.05 bits per heavy atom. The predicted molar refractivity (Wildman–Crippen MR) is 91.5 cm³/mol. The van der Waals surface area contributed by atoms with Gasteiger partial charge in [0.05, 0.1) is 0 Å². The maximum Gasteiger partial charge on any atom is 0.219 e. The fraction of sp³-hybridized carbons (Fsp3) is 0.0556. The van der Waals surface area contributed by atoms with Crippen LogP contribution in [0.2, 0.25) is 5.02 Å². The number of benzene rings is 2. The molecule has 0 unspecified atom stereocenters. The molecule has 0 saturated carbocycles. The highest BCUT2D eigenvalue weighted by Crippen LogP contribution is 2.23. The first-order valence-electron chi connectivity index (χ1n) is 6.53. The summed E-state index contributed by atoms with van der Waals surface area (Å²) in [7, 11) is 0. The van der Waals surface area contributed by atoms with Gasteiger partial charge in [-0.25, -0.2) is 0 Å². The zero-order valence-corrected chi connectivity index (χ0v) is 13.2. The highest BCUT2D eigenvalue weighted by molar-refractivity contribution is 8.14. The monoisotopic (exact) mass is 314 g/mol. The van der Waals surface area contributed by atoms with Crippen LogP contribution < -0.4 is 0 Å². The molecule has 0 aliphatic rings. The number of halogens is 1. The van der Waals surface area contributed by atoms with E-state index in [0.29, 0.717) is 10.6 Å². The van der Waals surface area contributed by atoms with Gasteiger partial charge in [-0.05, 0) is 48.5 Å². The van der Waals surface area contributed by atoms with Gasteiger partial charge in [0, 0.05) is 15.5 Å². The van der Waals surface area contributed by atoms with E-state index in [1.165, 1.54) is 11.8 Å². The molecular weight excluding hydrogens is 300 g/mol. The fourth-order valence-corrected chi connectivity index (χ4v) is 2.47. The summed E-state index contributed by atoms with van der Waals surface area (Å²) in [6, 6.07) is 17.2. The second-order valence-electron chi connectivity index (χ2n) is 4.46. The molecule has 0 spiro atoms. The molecule has 0 aliphatic heterocycles. The number of carbonyl (C=O) groups excluding carboxylic acids is 1. The number of thioether (sulfide) groups is 1. The number of hydrogen-bond donors (Lipinski definition) is 0. The Labute approximate surface area is 134 Å². The second-order valence-corrected chi connectivity index (χ2v) is 5.95. The van der Waals surface area contributed by atoms with Crippen LogP contribution in [0.5, 0.6) is 0 Å². The normalized spacial score (nSPS) is 11.8. The van der Waals surface area contributed by atoms with Gasteiger partial charge in [0.2, 0.25) is 5.12 Å². The number of hydrogen-bond acceptors (Lipinski definition) is 2. The summed E-state index contributed by atoms with van der Waals surface area (Å²) in [5.74, 6) is 0. The molecule has 21 heavy (non-hydrogen) atoms. The van der Waals surface area contributed by atoms with Crippen LogP contribution in [-0.4, -0.2) is 5.12 Å². The lowest BCUT2D eigenvalue weighted by molar-refractivity contribution is -0.107. The van der Waals surface area contributed by atoms with E-state index in [1.807, 2.05) is 67.6 Å². The number of carbonyl (C=O) groups is 1. The summed E-state index contributed by atoms with van der Waals surface area (Å²) in [6.07, 6.45) is 5.70. The van der Waals surface area contributed by atoms with Crippen LogP contribution in [0.25, 0.3) is 6.08 Å². The summed E-state index contributed by atoms with van der Waals surface area (Å²) in [6.45, 7) is 1.82. The van der Waals surface area contributed by atoms with E-state index in [4.69, 9.17) is 11.6 Å². The van der Waals surface area contributed by atoms with Crippen LogP contribution in [0.3, 0.4) is 0 Å². The fourth-order valence-electron chi connectivity index (χ4n) is 1.63. The molecule has 2 aromatic carbocycles. The van der Waals surface area contributed by atoms with Crippen molar-refractivity contribution >= 4 is 34.6 Å². The van der Waals surface area contributed by atoms with Gasteiger partial charge in [0.15, 0.2) is 0 Å². The average Bonchev–Trinajstić information content (AvgIpc) is 2.50. The Hall–Kier alpha value is -1.77. The Morgan fingerprint density at radius 3 is 2.38 bits per heavy atom. The zero-order valence-electron chi connectivity index (χ0n) is 11.6. The van der Waals surface area contributed by atoms with Crippen molar-refractivity contribution in [2.45, 2.75) is 11.8 Å². The predicted octanol–water partition coefficient (Wildman–Crippen LogP) is 5.62. The molecule has 0 amide bonds. The molecule has 2 aromatic rings. The van der Waals surface area contributed by atoms with E-state index in [9.17, 15) is 4.79 Å².